The predicted molar refractivity (Wildman–Crippen MR) is 81.8 cm³/mol. The highest BCUT2D eigenvalue weighted by Gasteiger charge is 2.36. The first kappa shape index (κ1) is 15.0. The van der Waals surface area contributed by atoms with Gasteiger partial charge in [0.15, 0.2) is 5.79 Å². The van der Waals surface area contributed by atoms with Crippen LogP contribution in [-0.4, -0.2) is 18.5 Å². The van der Waals surface area contributed by atoms with Crippen LogP contribution in [-0.2, 0) is 15.3 Å². The molecule has 0 atom stereocenters. The van der Waals surface area contributed by atoms with Crippen LogP contribution in [0.3, 0.4) is 0 Å². The topological polar surface area (TPSA) is 18.5 Å². The van der Waals surface area contributed by atoms with E-state index in [-0.39, 0.29) is 0 Å². The molecular weight excluding hydrogens is 304 g/mol. The zero-order valence-electron chi connectivity index (χ0n) is 11.8. The summed E-state index contributed by atoms with van der Waals surface area (Å²) in [5, 5.41) is 0.978. The third kappa shape index (κ3) is 3.59. The molecule has 0 unspecified atom stereocenters. The van der Waals surface area contributed by atoms with E-state index in [0.29, 0.717) is 5.92 Å². The maximum atomic E-state index is 6.01. The van der Waals surface area contributed by atoms with Crippen LogP contribution in [0.5, 0.6) is 0 Å². The highest BCUT2D eigenvalue weighted by molar-refractivity contribution is 9.09. The van der Waals surface area contributed by atoms with E-state index in [4.69, 9.17) is 9.47 Å². The van der Waals surface area contributed by atoms with Gasteiger partial charge in [-0.1, -0.05) is 54.0 Å². The Balaban J connectivity index is 2.21. The fourth-order valence-electron chi connectivity index (χ4n) is 2.45. The number of benzene rings is 1. The molecule has 0 aromatic heterocycles. The van der Waals surface area contributed by atoms with Crippen molar-refractivity contribution in [1.82, 2.24) is 0 Å². The minimum absolute atomic E-state index is 0.526. The molecule has 1 aromatic rings. The van der Waals surface area contributed by atoms with Crippen molar-refractivity contribution in [2.24, 2.45) is 0 Å². The maximum Gasteiger partial charge on any atom is 0.194 e. The van der Waals surface area contributed by atoms with Gasteiger partial charge in [-0.3, -0.25) is 0 Å². The van der Waals surface area contributed by atoms with Crippen LogP contribution < -0.4 is 0 Å². The Labute approximate surface area is 124 Å². The highest BCUT2D eigenvalue weighted by Crippen LogP contribution is 2.36. The van der Waals surface area contributed by atoms with Crippen LogP contribution >= 0.6 is 15.9 Å². The lowest BCUT2D eigenvalue weighted by Gasteiger charge is -2.37. The summed E-state index contributed by atoms with van der Waals surface area (Å²) in [6, 6.07) is 8.71. The average Bonchev–Trinajstić information content (AvgIpc) is 2.46. The lowest BCUT2D eigenvalue weighted by atomic mass is 9.95. The summed E-state index contributed by atoms with van der Waals surface area (Å²) in [7, 11) is 0. The minimum Gasteiger partial charge on any atom is -0.346 e. The van der Waals surface area contributed by atoms with Crippen molar-refractivity contribution in [2.45, 2.75) is 44.8 Å². The highest BCUT2D eigenvalue weighted by atomic mass is 79.9. The molecule has 2 rings (SSSR count). The molecule has 0 bridgehead atoms. The van der Waals surface area contributed by atoms with Crippen LogP contribution in [0.1, 0.15) is 50.2 Å². The first-order valence-electron chi connectivity index (χ1n) is 7.12. The molecule has 1 saturated heterocycles. The third-order valence-corrected chi connectivity index (χ3v) is 4.18. The van der Waals surface area contributed by atoms with Crippen molar-refractivity contribution in [3.63, 3.8) is 0 Å². The van der Waals surface area contributed by atoms with Crippen molar-refractivity contribution in [3.05, 3.63) is 35.4 Å². The summed E-state index contributed by atoms with van der Waals surface area (Å²) in [6.45, 7) is 5.99. The quantitative estimate of drug-likeness (QED) is 0.737. The first-order chi connectivity index (χ1) is 9.18. The summed E-state index contributed by atoms with van der Waals surface area (Å²) in [6.07, 6.45) is 2.94. The average molecular weight is 327 g/mol. The molecule has 1 aliphatic rings. The Morgan fingerprint density at radius 3 is 2.32 bits per heavy atom. The van der Waals surface area contributed by atoms with E-state index >= 15 is 0 Å². The molecule has 3 heteroatoms. The van der Waals surface area contributed by atoms with Gasteiger partial charge in [-0.15, -0.1) is 0 Å². The largest absolute Gasteiger partial charge is 0.346 e. The van der Waals surface area contributed by atoms with E-state index in [9.17, 15) is 0 Å². The summed E-state index contributed by atoms with van der Waals surface area (Å²) in [5.41, 5.74) is 2.51. The monoisotopic (exact) mass is 326 g/mol. The Kier molecular flexibility index (Phi) is 5.43. The van der Waals surface area contributed by atoms with E-state index in [1.807, 2.05) is 0 Å². The minimum atomic E-state index is -0.526. The van der Waals surface area contributed by atoms with Gasteiger partial charge in [0.2, 0.25) is 0 Å². The van der Waals surface area contributed by atoms with Crippen LogP contribution in [0, 0.1) is 0 Å². The molecule has 0 radical (unpaired) electrons. The van der Waals surface area contributed by atoms with Crippen LogP contribution in [0.25, 0.3) is 0 Å². The van der Waals surface area contributed by atoms with E-state index in [1.54, 1.807) is 0 Å². The molecule has 0 aliphatic carbocycles. The van der Waals surface area contributed by atoms with E-state index in [1.165, 1.54) is 5.56 Å². The third-order valence-electron chi connectivity index (χ3n) is 3.62. The van der Waals surface area contributed by atoms with Crippen molar-refractivity contribution in [1.29, 1.82) is 0 Å². The Morgan fingerprint density at radius 1 is 1.16 bits per heavy atom. The SMILES string of the molecule is CC(C)c1ccc(C2(CCCBr)OCCCO2)cc1. The molecule has 19 heavy (non-hydrogen) atoms. The lowest BCUT2D eigenvalue weighted by molar-refractivity contribution is -0.279. The molecule has 1 fully saturated rings. The zero-order valence-corrected chi connectivity index (χ0v) is 13.4. The fourth-order valence-corrected chi connectivity index (χ4v) is 2.73. The summed E-state index contributed by atoms with van der Waals surface area (Å²) < 4.78 is 12.0. The predicted octanol–water partition coefficient (Wildman–Crippen LogP) is 4.57. The molecule has 0 amide bonds. The number of rotatable bonds is 5. The van der Waals surface area contributed by atoms with Gasteiger partial charge >= 0.3 is 0 Å². The van der Waals surface area contributed by atoms with Gasteiger partial charge in [-0.25, -0.2) is 0 Å². The van der Waals surface area contributed by atoms with Crippen LogP contribution in [0.2, 0.25) is 0 Å². The van der Waals surface area contributed by atoms with Crippen molar-refractivity contribution < 1.29 is 9.47 Å². The Morgan fingerprint density at radius 2 is 1.79 bits per heavy atom. The zero-order chi connectivity index (χ0) is 13.7. The summed E-state index contributed by atoms with van der Waals surface area (Å²) in [4.78, 5) is 0. The Hall–Kier alpha value is -0.380. The molecule has 1 heterocycles. The first-order valence-corrected chi connectivity index (χ1v) is 8.24. The summed E-state index contributed by atoms with van der Waals surface area (Å²) >= 11 is 3.49. The lowest BCUT2D eigenvalue weighted by Crippen LogP contribution is -2.38. The van der Waals surface area contributed by atoms with Gasteiger partial charge in [0.1, 0.15) is 0 Å². The molecule has 2 nitrogen and oxygen atoms in total. The normalized spacial score (nSPS) is 18.7. The van der Waals surface area contributed by atoms with Gasteiger partial charge in [-0.05, 0) is 24.3 Å². The molecular formula is C16H23BrO2. The van der Waals surface area contributed by atoms with Gasteiger partial charge in [-0.2, -0.15) is 0 Å². The number of hydrogen-bond acceptors (Lipinski definition) is 2. The Bertz CT molecular complexity index is 380. The molecule has 0 spiro atoms. The van der Waals surface area contributed by atoms with E-state index in [2.05, 4.69) is 54.0 Å². The van der Waals surface area contributed by atoms with Gasteiger partial charge in [0.25, 0.3) is 0 Å². The number of halogens is 1. The van der Waals surface area contributed by atoms with Crippen LogP contribution in [0.4, 0.5) is 0 Å². The van der Waals surface area contributed by atoms with Gasteiger partial charge < -0.3 is 9.47 Å². The van der Waals surface area contributed by atoms with Crippen LogP contribution in [0.15, 0.2) is 24.3 Å². The number of ether oxygens (including phenoxy) is 2. The standard InChI is InChI=1S/C16H23BrO2/c1-13(2)14-5-7-15(8-6-14)16(9-3-10-17)18-11-4-12-19-16/h5-8,13H,3-4,9-12H2,1-2H3. The second kappa shape index (κ2) is 6.87. The second-order valence-electron chi connectivity index (χ2n) is 5.37. The maximum absolute atomic E-state index is 6.01. The molecule has 1 aromatic carbocycles. The fraction of sp³-hybridized carbons (Fsp3) is 0.625. The van der Waals surface area contributed by atoms with Crippen molar-refractivity contribution >= 4 is 15.9 Å². The van der Waals surface area contributed by atoms with Crippen molar-refractivity contribution in [2.75, 3.05) is 18.5 Å². The second-order valence-corrected chi connectivity index (χ2v) is 6.17. The summed E-state index contributed by atoms with van der Waals surface area (Å²) in [5.74, 6) is 0.0300. The van der Waals surface area contributed by atoms with Gasteiger partial charge in [0.05, 0.1) is 13.2 Å². The van der Waals surface area contributed by atoms with Gasteiger partial charge in [0, 0.05) is 17.3 Å². The molecule has 0 saturated carbocycles. The molecule has 1 aliphatic heterocycles. The van der Waals surface area contributed by atoms with E-state index in [0.717, 1.165) is 43.4 Å². The molecule has 0 N–H and O–H groups in total. The number of hydrogen-bond donors (Lipinski definition) is 0. The molecule has 106 valence electrons. The van der Waals surface area contributed by atoms with Crippen molar-refractivity contribution in [3.8, 4) is 0 Å². The smallest absolute Gasteiger partial charge is 0.194 e. The number of alkyl halides is 1. The van der Waals surface area contributed by atoms with E-state index < -0.39 is 5.79 Å².